The third kappa shape index (κ3) is 3.96. The van der Waals surface area contributed by atoms with Crippen LogP contribution < -0.4 is 5.32 Å². The van der Waals surface area contributed by atoms with Gasteiger partial charge < -0.3 is 5.32 Å². The molecule has 0 aliphatic carbocycles. The minimum atomic E-state index is 0.340. The molecule has 1 N–H and O–H groups in total. The lowest BCUT2D eigenvalue weighted by molar-refractivity contribution is 0.588. The number of likely N-dealkylation sites (N-methyl/N-ethyl adjacent to an activating group) is 1. The van der Waals surface area contributed by atoms with Crippen LogP contribution in [0.4, 0.5) is 0 Å². The van der Waals surface area contributed by atoms with Gasteiger partial charge in [-0.2, -0.15) is 0 Å². The van der Waals surface area contributed by atoms with Crippen molar-refractivity contribution >= 4 is 15.9 Å². The largest absolute Gasteiger partial charge is 0.313 e. The van der Waals surface area contributed by atoms with Crippen molar-refractivity contribution in [2.45, 2.75) is 39.2 Å². The summed E-state index contributed by atoms with van der Waals surface area (Å²) in [5.74, 6) is 0.589. The Hall–Kier alpha value is -1.12. The number of nitrogens with one attached hydrogen (secondary N) is 1. The zero-order valence-corrected chi connectivity index (χ0v) is 14.9. The Morgan fingerprint density at radius 1 is 1.05 bits per heavy atom. The first-order chi connectivity index (χ1) is 10.0. The SMILES string of the molecule is CNC(Cc1ccc(C(C)C)cc1)c1cccc(Br)c1C. The number of rotatable bonds is 5. The van der Waals surface area contributed by atoms with E-state index in [2.05, 4.69) is 84.5 Å². The summed E-state index contributed by atoms with van der Waals surface area (Å²) in [6, 6.07) is 15.8. The van der Waals surface area contributed by atoms with Crippen LogP contribution in [0.25, 0.3) is 0 Å². The van der Waals surface area contributed by atoms with E-state index in [1.54, 1.807) is 0 Å². The maximum atomic E-state index is 3.63. The van der Waals surface area contributed by atoms with Crippen LogP contribution in [0.5, 0.6) is 0 Å². The van der Waals surface area contributed by atoms with E-state index in [1.807, 2.05) is 7.05 Å². The molecule has 21 heavy (non-hydrogen) atoms. The Bertz CT molecular complexity index is 587. The van der Waals surface area contributed by atoms with Crippen molar-refractivity contribution in [1.82, 2.24) is 5.32 Å². The van der Waals surface area contributed by atoms with Crippen LogP contribution in [0.2, 0.25) is 0 Å². The van der Waals surface area contributed by atoms with E-state index in [4.69, 9.17) is 0 Å². The fourth-order valence-electron chi connectivity index (χ4n) is 2.64. The molecule has 0 fully saturated rings. The fraction of sp³-hybridized carbons (Fsp3) is 0.368. The maximum Gasteiger partial charge on any atom is 0.0361 e. The van der Waals surface area contributed by atoms with E-state index in [9.17, 15) is 0 Å². The third-order valence-electron chi connectivity index (χ3n) is 4.12. The van der Waals surface area contributed by atoms with Crippen molar-refractivity contribution < 1.29 is 0 Å². The van der Waals surface area contributed by atoms with Gasteiger partial charge in [0.15, 0.2) is 0 Å². The summed E-state index contributed by atoms with van der Waals surface area (Å²) in [5.41, 5.74) is 5.45. The molecule has 0 spiro atoms. The summed E-state index contributed by atoms with van der Waals surface area (Å²) < 4.78 is 1.18. The van der Waals surface area contributed by atoms with E-state index in [-0.39, 0.29) is 0 Å². The molecule has 1 unspecified atom stereocenters. The van der Waals surface area contributed by atoms with E-state index >= 15 is 0 Å². The summed E-state index contributed by atoms with van der Waals surface area (Å²) in [6.07, 6.45) is 1.01. The Morgan fingerprint density at radius 2 is 1.71 bits per heavy atom. The highest BCUT2D eigenvalue weighted by Crippen LogP contribution is 2.27. The number of hydrogen-bond donors (Lipinski definition) is 1. The van der Waals surface area contributed by atoms with Gasteiger partial charge in [-0.1, -0.05) is 66.2 Å². The van der Waals surface area contributed by atoms with E-state index < -0.39 is 0 Å². The van der Waals surface area contributed by atoms with Crippen LogP contribution >= 0.6 is 15.9 Å². The molecule has 0 radical (unpaired) electrons. The molecule has 2 heteroatoms. The highest BCUT2D eigenvalue weighted by molar-refractivity contribution is 9.10. The predicted octanol–water partition coefficient (Wildman–Crippen LogP) is 5.38. The molecular weight excluding hydrogens is 322 g/mol. The van der Waals surface area contributed by atoms with Crippen molar-refractivity contribution in [3.8, 4) is 0 Å². The molecule has 0 aliphatic rings. The molecule has 1 atom stereocenters. The van der Waals surface area contributed by atoms with Gasteiger partial charge in [0.25, 0.3) is 0 Å². The minimum Gasteiger partial charge on any atom is -0.313 e. The average molecular weight is 346 g/mol. The molecule has 2 rings (SSSR count). The highest BCUT2D eigenvalue weighted by atomic mass is 79.9. The normalized spacial score (nSPS) is 12.7. The van der Waals surface area contributed by atoms with Crippen LogP contribution in [0.15, 0.2) is 46.9 Å². The summed E-state index contributed by atoms with van der Waals surface area (Å²) in [7, 11) is 2.04. The number of benzene rings is 2. The zero-order chi connectivity index (χ0) is 15.4. The zero-order valence-electron chi connectivity index (χ0n) is 13.3. The Balaban J connectivity index is 2.21. The lowest BCUT2D eigenvalue weighted by Crippen LogP contribution is -2.20. The Morgan fingerprint density at radius 3 is 2.29 bits per heavy atom. The summed E-state index contributed by atoms with van der Waals surface area (Å²) >= 11 is 3.63. The average Bonchev–Trinajstić information content (AvgIpc) is 2.48. The van der Waals surface area contributed by atoms with Gasteiger partial charge in [-0.25, -0.2) is 0 Å². The molecule has 2 aromatic rings. The maximum absolute atomic E-state index is 3.63. The van der Waals surface area contributed by atoms with Gasteiger partial charge in [-0.15, -0.1) is 0 Å². The van der Waals surface area contributed by atoms with E-state index in [1.165, 1.54) is 26.7 Å². The van der Waals surface area contributed by atoms with Crippen LogP contribution in [-0.4, -0.2) is 7.05 Å². The summed E-state index contributed by atoms with van der Waals surface area (Å²) in [6.45, 7) is 6.64. The molecular formula is C19H24BrN. The molecule has 0 amide bonds. The molecule has 112 valence electrons. The Kier molecular flexibility index (Phi) is 5.60. The topological polar surface area (TPSA) is 12.0 Å². The minimum absolute atomic E-state index is 0.340. The summed E-state index contributed by atoms with van der Waals surface area (Å²) in [5, 5.41) is 3.45. The van der Waals surface area contributed by atoms with Crippen LogP contribution in [0, 0.1) is 6.92 Å². The van der Waals surface area contributed by atoms with Crippen LogP contribution in [0.3, 0.4) is 0 Å². The standard InChI is InChI=1S/C19H24BrN/c1-13(2)16-10-8-15(9-11-16)12-19(21-4)17-6-5-7-18(20)14(17)3/h5-11,13,19,21H,12H2,1-4H3. The second kappa shape index (κ2) is 7.24. The van der Waals surface area contributed by atoms with E-state index in [0.717, 1.165) is 6.42 Å². The molecule has 0 saturated carbocycles. The second-order valence-corrected chi connectivity index (χ2v) is 6.75. The van der Waals surface area contributed by atoms with Gasteiger partial charge in [-0.05, 0) is 54.6 Å². The summed E-state index contributed by atoms with van der Waals surface area (Å²) in [4.78, 5) is 0. The molecule has 0 aliphatic heterocycles. The van der Waals surface area contributed by atoms with Gasteiger partial charge in [0.2, 0.25) is 0 Å². The second-order valence-electron chi connectivity index (χ2n) is 5.90. The van der Waals surface area contributed by atoms with Crippen molar-refractivity contribution in [2.75, 3.05) is 7.05 Å². The first-order valence-corrected chi connectivity index (χ1v) is 8.33. The lowest BCUT2D eigenvalue weighted by Gasteiger charge is -2.20. The van der Waals surface area contributed by atoms with Gasteiger partial charge >= 0.3 is 0 Å². The molecule has 1 nitrogen and oxygen atoms in total. The van der Waals surface area contributed by atoms with Crippen molar-refractivity contribution in [2.24, 2.45) is 0 Å². The predicted molar refractivity (Wildman–Crippen MR) is 94.9 cm³/mol. The van der Waals surface area contributed by atoms with E-state index in [0.29, 0.717) is 12.0 Å². The van der Waals surface area contributed by atoms with Crippen molar-refractivity contribution in [3.63, 3.8) is 0 Å². The van der Waals surface area contributed by atoms with Crippen LogP contribution in [-0.2, 0) is 6.42 Å². The first-order valence-electron chi connectivity index (χ1n) is 7.54. The van der Waals surface area contributed by atoms with Crippen molar-refractivity contribution in [3.05, 3.63) is 69.2 Å². The molecule has 0 aromatic heterocycles. The number of halogens is 1. The van der Waals surface area contributed by atoms with Crippen molar-refractivity contribution in [1.29, 1.82) is 0 Å². The lowest BCUT2D eigenvalue weighted by atomic mass is 9.94. The monoisotopic (exact) mass is 345 g/mol. The van der Waals surface area contributed by atoms with Gasteiger partial charge in [0.05, 0.1) is 0 Å². The molecule has 0 saturated heterocycles. The van der Waals surface area contributed by atoms with Gasteiger partial charge in [-0.3, -0.25) is 0 Å². The highest BCUT2D eigenvalue weighted by Gasteiger charge is 2.14. The smallest absolute Gasteiger partial charge is 0.0361 e. The first kappa shape index (κ1) is 16.3. The fourth-order valence-corrected chi connectivity index (χ4v) is 3.03. The van der Waals surface area contributed by atoms with Crippen LogP contribution in [0.1, 0.15) is 48.1 Å². The quantitative estimate of drug-likeness (QED) is 0.766. The Labute approximate surface area is 136 Å². The molecule has 0 bridgehead atoms. The molecule has 2 aromatic carbocycles. The third-order valence-corrected chi connectivity index (χ3v) is 4.98. The van der Waals surface area contributed by atoms with Gasteiger partial charge in [0.1, 0.15) is 0 Å². The van der Waals surface area contributed by atoms with Gasteiger partial charge in [0, 0.05) is 10.5 Å². The number of hydrogen-bond acceptors (Lipinski definition) is 1. The molecule has 0 heterocycles.